The van der Waals surface area contributed by atoms with Gasteiger partial charge in [0.2, 0.25) is 5.76 Å². The summed E-state index contributed by atoms with van der Waals surface area (Å²) in [5.74, 6) is 1.76. The summed E-state index contributed by atoms with van der Waals surface area (Å²) in [4.78, 5) is 33.5. The van der Waals surface area contributed by atoms with Crippen LogP contribution in [0, 0.1) is 12.8 Å². The highest BCUT2D eigenvalue weighted by atomic mass is 16.5. The van der Waals surface area contributed by atoms with Crippen LogP contribution in [0.5, 0.6) is 11.5 Å². The van der Waals surface area contributed by atoms with E-state index in [1.165, 1.54) is 4.90 Å². The van der Waals surface area contributed by atoms with E-state index in [9.17, 15) is 9.59 Å². The van der Waals surface area contributed by atoms with Crippen LogP contribution in [0.4, 0.5) is 5.82 Å². The SMILES string of the molecule is CCOc1cc(C2c3c(oc4ccc(C)cc4c3=O)C(=O)N2c2ccccn2)ccc1OCCC(C)C. The van der Waals surface area contributed by atoms with Crippen molar-refractivity contribution >= 4 is 22.7 Å². The van der Waals surface area contributed by atoms with Crippen LogP contribution in [0.15, 0.2) is 70.0 Å². The summed E-state index contributed by atoms with van der Waals surface area (Å²) in [6, 6.07) is 15.5. The minimum Gasteiger partial charge on any atom is -0.490 e. The molecule has 2 aromatic carbocycles. The molecule has 0 saturated heterocycles. The molecule has 0 saturated carbocycles. The molecule has 1 unspecified atom stereocenters. The number of carbonyl (C=O) groups excluding carboxylic acids is 1. The predicted octanol–water partition coefficient (Wildman–Crippen LogP) is 6.07. The monoisotopic (exact) mass is 498 g/mol. The lowest BCUT2D eigenvalue weighted by Gasteiger charge is -2.25. The zero-order valence-corrected chi connectivity index (χ0v) is 21.5. The third-order valence-corrected chi connectivity index (χ3v) is 6.46. The Hall–Kier alpha value is -4.13. The molecule has 1 atom stereocenters. The summed E-state index contributed by atoms with van der Waals surface area (Å²) >= 11 is 0. The lowest BCUT2D eigenvalue weighted by molar-refractivity contribution is 0.0970. The Morgan fingerprint density at radius 2 is 1.86 bits per heavy atom. The molecular weight excluding hydrogens is 468 g/mol. The highest BCUT2D eigenvalue weighted by Gasteiger charge is 2.44. The van der Waals surface area contributed by atoms with Crippen molar-refractivity contribution in [3.05, 3.63) is 93.5 Å². The molecule has 0 bridgehead atoms. The molecule has 4 aromatic rings. The second-order valence-electron chi connectivity index (χ2n) is 9.61. The van der Waals surface area contributed by atoms with Crippen molar-refractivity contribution in [1.82, 2.24) is 4.98 Å². The number of benzene rings is 2. The standard InChI is InChI=1S/C30H30N2O5/c1-5-35-24-17-20(10-12-23(24)36-15-13-18(2)3)27-26-28(33)21-16-19(4)9-11-22(21)37-29(26)30(34)32(27)25-8-6-7-14-31-25/h6-12,14,16-18,27H,5,13,15H2,1-4H3. The first-order chi connectivity index (χ1) is 17.9. The quantitative estimate of drug-likeness (QED) is 0.293. The smallest absolute Gasteiger partial charge is 0.296 e. The van der Waals surface area contributed by atoms with Crippen LogP contribution in [0.25, 0.3) is 11.0 Å². The lowest BCUT2D eigenvalue weighted by atomic mass is 9.97. The van der Waals surface area contributed by atoms with Crippen LogP contribution in [0.2, 0.25) is 0 Å². The molecule has 0 aliphatic carbocycles. The second-order valence-corrected chi connectivity index (χ2v) is 9.61. The first kappa shape index (κ1) is 24.6. The predicted molar refractivity (Wildman–Crippen MR) is 143 cm³/mol. The fraction of sp³-hybridized carbons (Fsp3) is 0.300. The zero-order chi connectivity index (χ0) is 26.1. The van der Waals surface area contributed by atoms with E-state index in [2.05, 4.69) is 18.8 Å². The number of nitrogens with zero attached hydrogens (tertiary/aromatic N) is 2. The first-order valence-electron chi connectivity index (χ1n) is 12.6. The zero-order valence-electron chi connectivity index (χ0n) is 21.5. The molecule has 3 heterocycles. The van der Waals surface area contributed by atoms with Crippen LogP contribution >= 0.6 is 0 Å². The third kappa shape index (κ3) is 4.57. The van der Waals surface area contributed by atoms with Crippen LogP contribution in [0.3, 0.4) is 0 Å². The number of rotatable bonds is 8. The van der Waals surface area contributed by atoms with Crippen LogP contribution in [-0.4, -0.2) is 24.1 Å². The van der Waals surface area contributed by atoms with Crippen molar-refractivity contribution in [2.45, 2.75) is 40.2 Å². The molecule has 0 N–H and O–H groups in total. The number of fused-ring (bicyclic) bond motifs is 2. The molecule has 37 heavy (non-hydrogen) atoms. The van der Waals surface area contributed by atoms with Crippen LogP contribution in [0.1, 0.15) is 60.5 Å². The molecule has 0 fully saturated rings. The number of carbonyl (C=O) groups is 1. The van der Waals surface area contributed by atoms with E-state index in [1.807, 2.05) is 44.2 Å². The van der Waals surface area contributed by atoms with Gasteiger partial charge in [-0.15, -0.1) is 0 Å². The van der Waals surface area contributed by atoms with Crippen LogP contribution < -0.4 is 19.8 Å². The van der Waals surface area contributed by atoms with E-state index in [0.717, 1.165) is 12.0 Å². The van der Waals surface area contributed by atoms with Gasteiger partial charge in [-0.25, -0.2) is 4.98 Å². The Bertz CT molecular complexity index is 1510. The summed E-state index contributed by atoms with van der Waals surface area (Å²) in [5.41, 5.74) is 2.09. The summed E-state index contributed by atoms with van der Waals surface area (Å²) in [7, 11) is 0. The molecule has 7 nitrogen and oxygen atoms in total. The molecule has 5 rings (SSSR count). The summed E-state index contributed by atoms with van der Waals surface area (Å²) in [6.45, 7) is 9.13. The van der Waals surface area contributed by atoms with Gasteiger partial charge in [-0.05, 0) is 68.1 Å². The van der Waals surface area contributed by atoms with Gasteiger partial charge in [0, 0.05) is 6.20 Å². The molecular formula is C30H30N2O5. The third-order valence-electron chi connectivity index (χ3n) is 6.46. The second kappa shape index (κ2) is 10.1. The van der Waals surface area contributed by atoms with Gasteiger partial charge in [0.25, 0.3) is 5.91 Å². The van der Waals surface area contributed by atoms with E-state index in [1.54, 1.807) is 30.5 Å². The van der Waals surface area contributed by atoms with Gasteiger partial charge >= 0.3 is 0 Å². The van der Waals surface area contributed by atoms with Gasteiger partial charge in [0.05, 0.1) is 30.2 Å². The number of amides is 1. The highest BCUT2D eigenvalue weighted by molar-refractivity contribution is 6.10. The van der Waals surface area contributed by atoms with Gasteiger partial charge < -0.3 is 13.9 Å². The molecule has 1 aliphatic rings. The number of hydrogen-bond acceptors (Lipinski definition) is 6. The minimum atomic E-state index is -0.734. The molecule has 190 valence electrons. The Labute approximate surface area is 215 Å². The number of anilines is 1. The van der Waals surface area contributed by atoms with Crippen molar-refractivity contribution in [2.24, 2.45) is 5.92 Å². The number of hydrogen-bond donors (Lipinski definition) is 0. The number of aryl methyl sites for hydroxylation is 1. The summed E-state index contributed by atoms with van der Waals surface area (Å²) in [6.07, 6.45) is 2.54. The average Bonchev–Trinajstić information content (AvgIpc) is 3.18. The minimum absolute atomic E-state index is 0.0345. The Morgan fingerprint density at radius 3 is 2.59 bits per heavy atom. The van der Waals surface area contributed by atoms with Gasteiger partial charge in [-0.1, -0.05) is 37.6 Å². The Kier molecular flexibility index (Phi) is 6.70. The van der Waals surface area contributed by atoms with E-state index in [4.69, 9.17) is 13.9 Å². The Balaban J connectivity index is 1.68. The van der Waals surface area contributed by atoms with E-state index >= 15 is 0 Å². The summed E-state index contributed by atoms with van der Waals surface area (Å²) < 4.78 is 18.0. The van der Waals surface area contributed by atoms with Crippen molar-refractivity contribution in [3.63, 3.8) is 0 Å². The average molecular weight is 499 g/mol. The van der Waals surface area contributed by atoms with Crippen LogP contribution in [-0.2, 0) is 0 Å². The highest BCUT2D eigenvalue weighted by Crippen LogP contribution is 2.42. The molecule has 7 heteroatoms. The molecule has 1 amide bonds. The maximum Gasteiger partial charge on any atom is 0.296 e. The molecule has 1 aliphatic heterocycles. The van der Waals surface area contributed by atoms with Crippen molar-refractivity contribution in [3.8, 4) is 11.5 Å². The maximum atomic E-state index is 13.8. The number of pyridine rings is 1. The van der Waals surface area contributed by atoms with Crippen molar-refractivity contribution < 1.29 is 18.7 Å². The normalized spacial score (nSPS) is 14.9. The topological polar surface area (TPSA) is 81.9 Å². The van der Waals surface area contributed by atoms with Gasteiger partial charge in [0.1, 0.15) is 11.4 Å². The number of ether oxygens (including phenoxy) is 2. The van der Waals surface area contributed by atoms with Crippen molar-refractivity contribution in [2.75, 3.05) is 18.1 Å². The van der Waals surface area contributed by atoms with Gasteiger partial charge in [-0.3, -0.25) is 14.5 Å². The largest absolute Gasteiger partial charge is 0.490 e. The Morgan fingerprint density at radius 1 is 1.03 bits per heavy atom. The van der Waals surface area contributed by atoms with Gasteiger partial charge in [0.15, 0.2) is 16.9 Å². The first-order valence-corrected chi connectivity index (χ1v) is 12.6. The van der Waals surface area contributed by atoms with E-state index < -0.39 is 11.9 Å². The number of aromatic nitrogens is 1. The fourth-order valence-corrected chi connectivity index (χ4v) is 4.62. The van der Waals surface area contributed by atoms with Gasteiger partial charge in [-0.2, -0.15) is 0 Å². The summed E-state index contributed by atoms with van der Waals surface area (Å²) in [5, 5.41) is 0.443. The van der Waals surface area contributed by atoms with E-state index in [0.29, 0.717) is 58.5 Å². The molecule has 0 radical (unpaired) electrons. The van der Waals surface area contributed by atoms with E-state index in [-0.39, 0.29) is 11.2 Å². The van der Waals surface area contributed by atoms with Crippen molar-refractivity contribution in [1.29, 1.82) is 0 Å². The fourth-order valence-electron chi connectivity index (χ4n) is 4.62. The molecule has 2 aromatic heterocycles. The maximum absolute atomic E-state index is 13.8. The lowest BCUT2D eigenvalue weighted by Crippen LogP contribution is -2.30. The molecule has 0 spiro atoms.